The summed E-state index contributed by atoms with van der Waals surface area (Å²) in [5.74, 6) is 0.0567. The van der Waals surface area contributed by atoms with Crippen LogP contribution >= 0.6 is 0 Å². The van der Waals surface area contributed by atoms with Crippen molar-refractivity contribution in [3.8, 4) is 0 Å². The molecule has 1 aromatic rings. The minimum Gasteiger partial charge on any atom is -0.315 e. The first kappa shape index (κ1) is 9.52. The van der Waals surface area contributed by atoms with Crippen LogP contribution in [-0.2, 0) is 4.79 Å². The first-order valence-electron chi connectivity index (χ1n) is 4.18. The van der Waals surface area contributed by atoms with Gasteiger partial charge in [0.2, 0.25) is 5.91 Å². The van der Waals surface area contributed by atoms with E-state index in [1.807, 2.05) is 30.3 Å². The average Bonchev–Trinajstić information content (AvgIpc) is 2.18. The average molecular weight is 175 g/mol. The van der Waals surface area contributed by atoms with Gasteiger partial charge in [0.15, 0.2) is 0 Å². The van der Waals surface area contributed by atoms with Crippen LogP contribution in [0.25, 0.3) is 0 Å². The Morgan fingerprint density at radius 2 is 2.08 bits per heavy atom. The molecule has 0 aliphatic heterocycles. The Morgan fingerprint density at radius 1 is 1.46 bits per heavy atom. The molecule has 2 heteroatoms. The molecule has 0 saturated heterocycles. The van der Waals surface area contributed by atoms with Crippen LogP contribution in [0.5, 0.6) is 0 Å². The molecular formula is C11H13NO. The summed E-state index contributed by atoms with van der Waals surface area (Å²) in [5, 5.41) is 0. The van der Waals surface area contributed by atoms with Crippen LogP contribution in [0, 0.1) is 0 Å². The normalized spacial score (nSPS) is 9.31. The molecule has 0 unspecified atom stereocenters. The van der Waals surface area contributed by atoms with Crippen LogP contribution in [0.2, 0.25) is 0 Å². The van der Waals surface area contributed by atoms with Gasteiger partial charge >= 0.3 is 0 Å². The molecule has 0 aliphatic rings. The molecule has 1 rings (SSSR count). The fraction of sp³-hybridized carbons (Fsp3) is 0.182. The first-order chi connectivity index (χ1) is 6.25. The van der Waals surface area contributed by atoms with E-state index in [-0.39, 0.29) is 5.91 Å². The smallest absolute Gasteiger partial charge is 0.230 e. The van der Waals surface area contributed by atoms with Crippen molar-refractivity contribution in [1.29, 1.82) is 0 Å². The number of hydrogen-bond donors (Lipinski definition) is 0. The molecule has 0 fully saturated rings. The Balaban J connectivity index is 2.73. The van der Waals surface area contributed by atoms with Gasteiger partial charge in [0.05, 0.1) is 0 Å². The van der Waals surface area contributed by atoms with Gasteiger partial charge in [-0.05, 0) is 12.1 Å². The summed E-state index contributed by atoms with van der Waals surface area (Å²) < 4.78 is 0. The molecular weight excluding hydrogens is 162 g/mol. The summed E-state index contributed by atoms with van der Waals surface area (Å²) in [5.41, 5.74) is 0.911. The minimum absolute atomic E-state index is 0.0567. The quantitative estimate of drug-likeness (QED) is 0.645. The third-order valence-corrected chi connectivity index (χ3v) is 1.84. The molecule has 0 aromatic heterocycles. The number of benzene rings is 1. The second-order valence-corrected chi connectivity index (χ2v) is 2.78. The molecule has 68 valence electrons. The van der Waals surface area contributed by atoms with Gasteiger partial charge in [-0.1, -0.05) is 24.3 Å². The Bertz CT molecular complexity index is 292. The van der Waals surface area contributed by atoms with E-state index in [2.05, 4.69) is 6.58 Å². The second kappa shape index (κ2) is 4.45. The van der Waals surface area contributed by atoms with Gasteiger partial charge in [-0.15, -0.1) is 6.58 Å². The third-order valence-electron chi connectivity index (χ3n) is 1.84. The highest BCUT2D eigenvalue weighted by Gasteiger charge is 2.07. The Hall–Kier alpha value is -1.57. The van der Waals surface area contributed by atoms with Gasteiger partial charge in [-0.3, -0.25) is 4.79 Å². The van der Waals surface area contributed by atoms with Gasteiger partial charge in [0.25, 0.3) is 0 Å². The predicted molar refractivity (Wildman–Crippen MR) is 54.7 cm³/mol. The molecule has 0 heterocycles. The van der Waals surface area contributed by atoms with Gasteiger partial charge in [0, 0.05) is 19.2 Å². The maximum absolute atomic E-state index is 11.4. The summed E-state index contributed by atoms with van der Waals surface area (Å²) in [6, 6.07) is 9.55. The zero-order valence-electron chi connectivity index (χ0n) is 7.73. The lowest BCUT2D eigenvalue weighted by Crippen LogP contribution is -2.25. The number of nitrogens with zero attached hydrogens (tertiary/aromatic N) is 1. The maximum Gasteiger partial charge on any atom is 0.230 e. The third kappa shape index (κ3) is 2.44. The molecule has 2 nitrogen and oxygen atoms in total. The molecule has 0 atom stereocenters. The van der Waals surface area contributed by atoms with Crippen molar-refractivity contribution in [1.82, 2.24) is 0 Å². The lowest BCUT2D eigenvalue weighted by Gasteiger charge is -2.15. The van der Waals surface area contributed by atoms with Crippen molar-refractivity contribution < 1.29 is 4.79 Å². The second-order valence-electron chi connectivity index (χ2n) is 2.78. The molecule has 0 bridgehead atoms. The van der Waals surface area contributed by atoms with Crippen molar-refractivity contribution in [2.24, 2.45) is 0 Å². The molecule has 13 heavy (non-hydrogen) atoms. The minimum atomic E-state index is 0.0567. The van der Waals surface area contributed by atoms with Gasteiger partial charge in [0.1, 0.15) is 0 Å². The zero-order valence-corrected chi connectivity index (χ0v) is 7.73. The Labute approximate surface area is 78.5 Å². The maximum atomic E-state index is 11.4. The summed E-state index contributed by atoms with van der Waals surface area (Å²) >= 11 is 0. The number of para-hydroxylation sites is 1. The van der Waals surface area contributed by atoms with Crippen LogP contribution in [0.3, 0.4) is 0 Å². The molecule has 1 aromatic carbocycles. The van der Waals surface area contributed by atoms with E-state index in [0.29, 0.717) is 6.42 Å². The van der Waals surface area contributed by atoms with Crippen molar-refractivity contribution in [3.63, 3.8) is 0 Å². The highest BCUT2D eigenvalue weighted by molar-refractivity contribution is 5.93. The van der Waals surface area contributed by atoms with E-state index in [1.165, 1.54) is 0 Å². The van der Waals surface area contributed by atoms with Crippen LogP contribution in [0.15, 0.2) is 43.0 Å². The number of amides is 1. The number of hydrogen-bond acceptors (Lipinski definition) is 1. The highest BCUT2D eigenvalue weighted by atomic mass is 16.2. The lowest BCUT2D eigenvalue weighted by molar-refractivity contribution is -0.117. The first-order valence-corrected chi connectivity index (χ1v) is 4.18. The van der Waals surface area contributed by atoms with E-state index in [9.17, 15) is 4.79 Å². The number of anilines is 1. The number of carbonyl (C=O) groups is 1. The molecule has 0 aliphatic carbocycles. The topological polar surface area (TPSA) is 20.3 Å². The number of carbonyl (C=O) groups excluding carboxylic acids is 1. The van der Waals surface area contributed by atoms with E-state index in [4.69, 9.17) is 0 Å². The van der Waals surface area contributed by atoms with Crippen molar-refractivity contribution >= 4 is 11.6 Å². The van der Waals surface area contributed by atoms with Crippen molar-refractivity contribution in [2.75, 3.05) is 11.9 Å². The van der Waals surface area contributed by atoms with E-state index in [0.717, 1.165) is 5.69 Å². The van der Waals surface area contributed by atoms with Crippen LogP contribution < -0.4 is 4.90 Å². The van der Waals surface area contributed by atoms with E-state index >= 15 is 0 Å². The summed E-state index contributed by atoms with van der Waals surface area (Å²) in [6.45, 7) is 3.53. The molecule has 0 radical (unpaired) electrons. The summed E-state index contributed by atoms with van der Waals surface area (Å²) in [4.78, 5) is 13.0. The van der Waals surface area contributed by atoms with Crippen LogP contribution in [0.1, 0.15) is 6.42 Å². The lowest BCUT2D eigenvalue weighted by atomic mass is 10.3. The SMILES string of the molecule is C=CCC(=O)N(C)c1ccccc1. The van der Waals surface area contributed by atoms with E-state index < -0.39 is 0 Å². The van der Waals surface area contributed by atoms with Crippen molar-refractivity contribution in [2.45, 2.75) is 6.42 Å². The fourth-order valence-electron chi connectivity index (χ4n) is 1.06. The Kier molecular flexibility index (Phi) is 3.26. The zero-order chi connectivity index (χ0) is 9.68. The standard InChI is InChI=1S/C11H13NO/c1-3-7-11(13)12(2)10-8-5-4-6-9-10/h3-6,8-9H,1,7H2,2H3. The van der Waals surface area contributed by atoms with E-state index in [1.54, 1.807) is 18.0 Å². The van der Waals surface area contributed by atoms with Gasteiger partial charge in [-0.25, -0.2) is 0 Å². The fourth-order valence-corrected chi connectivity index (χ4v) is 1.06. The molecule has 0 N–H and O–H groups in total. The highest BCUT2D eigenvalue weighted by Crippen LogP contribution is 2.11. The molecule has 1 amide bonds. The molecule has 0 saturated carbocycles. The summed E-state index contributed by atoms with van der Waals surface area (Å²) in [7, 11) is 1.77. The van der Waals surface area contributed by atoms with Crippen LogP contribution in [-0.4, -0.2) is 13.0 Å². The van der Waals surface area contributed by atoms with Crippen molar-refractivity contribution in [3.05, 3.63) is 43.0 Å². The van der Waals surface area contributed by atoms with Gasteiger partial charge < -0.3 is 4.90 Å². The largest absolute Gasteiger partial charge is 0.315 e. The Morgan fingerprint density at radius 3 is 2.62 bits per heavy atom. The monoisotopic (exact) mass is 175 g/mol. The summed E-state index contributed by atoms with van der Waals surface area (Å²) in [6.07, 6.45) is 1.99. The number of rotatable bonds is 3. The van der Waals surface area contributed by atoms with Crippen LogP contribution in [0.4, 0.5) is 5.69 Å². The predicted octanol–water partition coefficient (Wildman–Crippen LogP) is 2.23. The van der Waals surface area contributed by atoms with Gasteiger partial charge in [-0.2, -0.15) is 0 Å². The molecule has 0 spiro atoms.